The second-order valence-electron chi connectivity index (χ2n) is 13.2. The van der Waals surface area contributed by atoms with Crippen LogP contribution in [0.5, 0.6) is 28.9 Å². The van der Waals surface area contributed by atoms with Crippen molar-refractivity contribution in [3.05, 3.63) is 148 Å². The zero-order valence-electron chi connectivity index (χ0n) is 30.9. The Balaban J connectivity index is 0.00000541. The standard InChI is InChI=1S/C44H47N3O5.ClH/c1-32-5-7-37(8-6-32)31-51-41-18-19-42(45-29-41)52-44-33(2)27-38(28-34(44)3)13-20-43(48)47-24-22-46(23-25-47)30-36-11-9-35(10-12-36)21-26-50-40-16-14-39(49-4)15-17-40;/h5-20,27-29H,21-26,30-31H2,1-4H3;1H/b20-13+;. The molecule has 6 rings (SSSR count). The number of methoxy groups -OCH3 is 1. The Morgan fingerprint density at radius 3 is 2.00 bits per heavy atom. The highest BCUT2D eigenvalue weighted by Crippen LogP contribution is 2.30. The molecule has 0 saturated carbocycles. The summed E-state index contributed by atoms with van der Waals surface area (Å²) >= 11 is 0. The van der Waals surface area contributed by atoms with Crippen molar-refractivity contribution in [3.63, 3.8) is 0 Å². The first-order valence-electron chi connectivity index (χ1n) is 17.8. The van der Waals surface area contributed by atoms with Crippen LogP contribution in [0.25, 0.3) is 6.08 Å². The lowest BCUT2D eigenvalue weighted by Crippen LogP contribution is -2.47. The summed E-state index contributed by atoms with van der Waals surface area (Å²) in [4.78, 5) is 21.9. The van der Waals surface area contributed by atoms with E-state index in [0.717, 1.165) is 65.6 Å². The molecule has 0 N–H and O–H groups in total. The Bertz CT molecular complexity index is 1920. The number of piperazine rings is 1. The van der Waals surface area contributed by atoms with E-state index in [0.29, 0.717) is 37.9 Å². The molecule has 1 aromatic heterocycles. The summed E-state index contributed by atoms with van der Waals surface area (Å²) in [5, 5.41) is 0. The first-order chi connectivity index (χ1) is 25.3. The van der Waals surface area contributed by atoms with E-state index in [1.807, 2.05) is 73.4 Å². The Morgan fingerprint density at radius 1 is 0.736 bits per heavy atom. The van der Waals surface area contributed by atoms with Gasteiger partial charge < -0.3 is 23.8 Å². The molecular weight excluding hydrogens is 686 g/mol. The molecule has 8 nitrogen and oxygen atoms in total. The van der Waals surface area contributed by atoms with Crippen LogP contribution in [-0.4, -0.2) is 60.6 Å². The van der Waals surface area contributed by atoms with E-state index in [4.69, 9.17) is 18.9 Å². The Kier molecular flexibility index (Phi) is 13.9. The predicted octanol–water partition coefficient (Wildman–Crippen LogP) is 8.79. The molecule has 5 aromatic rings. The van der Waals surface area contributed by atoms with Gasteiger partial charge in [-0.15, -0.1) is 12.4 Å². The third-order valence-corrected chi connectivity index (χ3v) is 9.17. The lowest BCUT2D eigenvalue weighted by atomic mass is 10.1. The van der Waals surface area contributed by atoms with Gasteiger partial charge in [-0.3, -0.25) is 9.69 Å². The highest BCUT2D eigenvalue weighted by Gasteiger charge is 2.20. The van der Waals surface area contributed by atoms with Crippen molar-refractivity contribution in [1.82, 2.24) is 14.8 Å². The number of rotatable bonds is 14. The summed E-state index contributed by atoms with van der Waals surface area (Å²) < 4.78 is 23.1. The smallest absolute Gasteiger partial charge is 0.246 e. The number of ether oxygens (including phenoxy) is 4. The number of pyridine rings is 1. The SMILES string of the molecule is COc1ccc(OCCc2ccc(CN3CCN(C(=O)/C=C/c4cc(C)c(Oc5ccc(OCc6ccc(C)cc6)cn5)c(C)c4)CC3)cc2)cc1.Cl. The van der Waals surface area contributed by atoms with Gasteiger partial charge in [-0.25, -0.2) is 4.98 Å². The van der Waals surface area contributed by atoms with E-state index in [1.165, 1.54) is 16.7 Å². The molecule has 0 radical (unpaired) electrons. The van der Waals surface area contributed by atoms with Crippen LogP contribution in [0.3, 0.4) is 0 Å². The number of hydrogen-bond acceptors (Lipinski definition) is 7. The summed E-state index contributed by atoms with van der Waals surface area (Å²) in [7, 11) is 1.66. The Morgan fingerprint density at radius 2 is 1.36 bits per heavy atom. The molecule has 0 unspecified atom stereocenters. The van der Waals surface area contributed by atoms with E-state index in [1.54, 1.807) is 19.4 Å². The highest BCUT2D eigenvalue weighted by molar-refractivity contribution is 5.92. The zero-order valence-corrected chi connectivity index (χ0v) is 31.7. The van der Waals surface area contributed by atoms with Crippen LogP contribution in [0.15, 0.2) is 109 Å². The summed E-state index contributed by atoms with van der Waals surface area (Å²) in [6.45, 7) is 11.1. The minimum Gasteiger partial charge on any atom is -0.497 e. The van der Waals surface area contributed by atoms with Crippen molar-refractivity contribution in [2.45, 2.75) is 40.3 Å². The fraction of sp³-hybridized carbons (Fsp3) is 0.273. The molecule has 0 aliphatic carbocycles. The first kappa shape index (κ1) is 38.9. The second kappa shape index (κ2) is 19.0. The van der Waals surface area contributed by atoms with E-state index < -0.39 is 0 Å². The number of halogens is 1. The van der Waals surface area contributed by atoms with Crippen LogP contribution < -0.4 is 18.9 Å². The van der Waals surface area contributed by atoms with Crippen molar-refractivity contribution < 1.29 is 23.7 Å². The summed E-state index contributed by atoms with van der Waals surface area (Å²) in [5.41, 5.74) is 7.74. The van der Waals surface area contributed by atoms with Gasteiger partial charge in [0.05, 0.1) is 19.9 Å². The van der Waals surface area contributed by atoms with Crippen molar-refractivity contribution in [1.29, 1.82) is 0 Å². The Hall–Kier alpha value is -5.31. The molecule has 1 aliphatic rings. The molecular formula is C44H48ClN3O5. The maximum Gasteiger partial charge on any atom is 0.246 e. The maximum atomic E-state index is 13.1. The minimum absolute atomic E-state index is 0. The molecule has 0 bridgehead atoms. The van der Waals surface area contributed by atoms with Crippen molar-refractivity contribution in [2.75, 3.05) is 39.9 Å². The van der Waals surface area contributed by atoms with Crippen molar-refractivity contribution in [3.8, 4) is 28.9 Å². The van der Waals surface area contributed by atoms with E-state index >= 15 is 0 Å². The van der Waals surface area contributed by atoms with Gasteiger partial charge in [0, 0.05) is 51.3 Å². The molecule has 4 aromatic carbocycles. The number of aromatic nitrogens is 1. The zero-order chi connectivity index (χ0) is 36.3. The van der Waals surface area contributed by atoms with Crippen molar-refractivity contribution in [2.24, 2.45) is 0 Å². The molecule has 1 saturated heterocycles. The van der Waals surface area contributed by atoms with Gasteiger partial charge in [0.2, 0.25) is 11.8 Å². The van der Waals surface area contributed by atoms with Crippen LogP contribution in [0, 0.1) is 20.8 Å². The van der Waals surface area contributed by atoms with E-state index in [9.17, 15) is 4.79 Å². The number of carbonyl (C=O) groups is 1. The summed E-state index contributed by atoms with van der Waals surface area (Å²) in [5.74, 6) is 3.63. The molecule has 9 heteroatoms. The molecule has 2 heterocycles. The number of carbonyl (C=O) groups excluding carboxylic acids is 1. The largest absolute Gasteiger partial charge is 0.497 e. The number of nitrogens with zero attached hydrogens (tertiary/aromatic N) is 3. The van der Waals surface area contributed by atoms with E-state index in [2.05, 4.69) is 65.3 Å². The minimum atomic E-state index is 0. The van der Waals surface area contributed by atoms with Gasteiger partial charge in [0.1, 0.15) is 29.6 Å². The number of aryl methyl sites for hydroxylation is 3. The van der Waals surface area contributed by atoms with Gasteiger partial charge in [-0.1, -0.05) is 54.1 Å². The quantitative estimate of drug-likeness (QED) is 0.106. The van der Waals surface area contributed by atoms with Gasteiger partial charge in [-0.05, 0) is 103 Å². The molecule has 53 heavy (non-hydrogen) atoms. The highest BCUT2D eigenvalue weighted by atomic mass is 35.5. The fourth-order valence-electron chi connectivity index (χ4n) is 6.14. The maximum absolute atomic E-state index is 13.1. The monoisotopic (exact) mass is 733 g/mol. The molecule has 1 fully saturated rings. The lowest BCUT2D eigenvalue weighted by Gasteiger charge is -2.34. The number of amides is 1. The number of benzene rings is 4. The van der Waals surface area contributed by atoms with Gasteiger partial charge in [-0.2, -0.15) is 0 Å². The van der Waals surface area contributed by atoms with Gasteiger partial charge in [0.25, 0.3) is 0 Å². The topological polar surface area (TPSA) is 73.4 Å². The second-order valence-corrected chi connectivity index (χ2v) is 13.2. The van der Waals surface area contributed by atoms with Crippen LogP contribution >= 0.6 is 12.4 Å². The van der Waals surface area contributed by atoms with Crippen molar-refractivity contribution >= 4 is 24.4 Å². The van der Waals surface area contributed by atoms with Crippen LogP contribution in [0.4, 0.5) is 0 Å². The number of hydrogen-bond donors (Lipinski definition) is 0. The third-order valence-electron chi connectivity index (χ3n) is 9.17. The third kappa shape index (κ3) is 11.3. The molecule has 276 valence electrons. The summed E-state index contributed by atoms with van der Waals surface area (Å²) in [6, 6.07) is 32.4. The molecule has 0 spiro atoms. The Labute approximate surface area is 319 Å². The van der Waals surface area contributed by atoms with Crippen LogP contribution in [0.2, 0.25) is 0 Å². The molecule has 1 amide bonds. The summed E-state index contributed by atoms with van der Waals surface area (Å²) in [6.07, 6.45) is 6.09. The predicted molar refractivity (Wildman–Crippen MR) is 213 cm³/mol. The first-order valence-corrected chi connectivity index (χ1v) is 17.8. The average Bonchev–Trinajstić information content (AvgIpc) is 3.17. The normalized spacial score (nSPS) is 13.0. The lowest BCUT2D eigenvalue weighted by molar-refractivity contribution is -0.127. The van der Waals surface area contributed by atoms with Crippen LogP contribution in [-0.2, 0) is 24.4 Å². The van der Waals surface area contributed by atoms with Crippen LogP contribution in [0.1, 0.15) is 38.9 Å². The fourth-order valence-corrected chi connectivity index (χ4v) is 6.14. The molecule has 1 aliphatic heterocycles. The molecule has 0 atom stereocenters. The van der Waals surface area contributed by atoms with E-state index in [-0.39, 0.29) is 18.3 Å². The van der Waals surface area contributed by atoms with Gasteiger partial charge >= 0.3 is 0 Å². The average molecular weight is 734 g/mol. The van der Waals surface area contributed by atoms with Gasteiger partial charge in [0.15, 0.2) is 0 Å².